The van der Waals surface area contributed by atoms with Crippen molar-refractivity contribution in [1.29, 1.82) is 0 Å². The molecule has 38 heavy (non-hydrogen) atoms. The number of hydrogen-bond acceptors (Lipinski definition) is 7. The average molecular weight is 543 g/mol. The van der Waals surface area contributed by atoms with Crippen LogP contribution >= 0.6 is 23.1 Å². The predicted octanol–water partition coefficient (Wildman–Crippen LogP) is 5.86. The van der Waals surface area contributed by atoms with E-state index in [0.29, 0.717) is 28.3 Å². The minimum absolute atomic E-state index is 0.0486. The van der Waals surface area contributed by atoms with Crippen molar-refractivity contribution in [2.45, 2.75) is 4.90 Å². The van der Waals surface area contributed by atoms with Crippen molar-refractivity contribution in [3.8, 4) is 11.5 Å². The van der Waals surface area contributed by atoms with Gasteiger partial charge in [-0.3, -0.25) is 14.4 Å². The first-order valence-electron chi connectivity index (χ1n) is 11.6. The first kappa shape index (κ1) is 25.3. The number of ketones is 1. The minimum Gasteiger partial charge on any atom is -0.454 e. The Morgan fingerprint density at radius 1 is 0.868 bits per heavy atom. The Morgan fingerprint density at radius 2 is 1.71 bits per heavy atom. The maximum absolute atomic E-state index is 13.2. The highest BCUT2D eigenvalue weighted by molar-refractivity contribution is 8.00. The van der Waals surface area contributed by atoms with Crippen molar-refractivity contribution in [2.75, 3.05) is 17.9 Å². The van der Waals surface area contributed by atoms with Gasteiger partial charge in [-0.05, 0) is 66.1 Å². The zero-order chi connectivity index (χ0) is 26.3. The highest BCUT2D eigenvalue weighted by Gasteiger charge is 2.17. The maximum atomic E-state index is 13.2. The Labute approximate surface area is 227 Å². The summed E-state index contributed by atoms with van der Waals surface area (Å²) in [5.41, 5.74) is 1.66. The van der Waals surface area contributed by atoms with Crippen molar-refractivity contribution in [3.63, 3.8) is 0 Å². The summed E-state index contributed by atoms with van der Waals surface area (Å²) in [5.74, 6) is 0.526. The normalized spacial score (nSPS) is 12.2. The van der Waals surface area contributed by atoms with Gasteiger partial charge in [-0.1, -0.05) is 30.3 Å². The van der Waals surface area contributed by atoms with Crippen LogP contribution in [0.1, 0.15) is 25.6 Å². The van der Waals surface area contributed by atoms with Crippen LogP contribution in [0.3, 0.4) is 0 Å². The number of rotatable bonds is 9. The highest BCUT2D eigenvalue weighted by Crippen LogP contribution is 2.33. The number of amides is 2. The Balaban J connectivity index is 1.25. The van der Waals surface area contributed by atoms with E-state index < -0.39 is 5.91 Å². The number of carbonyl (C=O) groups excluding carboxylic acids is 3. The molecule has 190 valence electrons. The molecule has 1 aliphatic heterocycles. The molecule has 9 heteroatoms. The summed E-state index contributed by atoms with van der Waals surface area (Å²) in [6.07, 6.45) is 1.64. The molecule has 7 nitrogen and oxygen atoms in total. The molecular weight excluding hydrogens is 520 g/mol. The van der Waals surface area contributed by atoms with Gasteiger partial charge in [-0.25, -0.2) is 0 Å². The van der Waals surface area contributed by atoms with Gasteiger partial charge in [0.15, 0.2) is 17.3 Å². The van der Waals surface area contributed by atoms with Crippen LogP contribution in [0.2, 0.25) is 0 Å². The van der Waals surface area contributed by atoms with Crippen LogP contribution in [0.4, 0.5) is 5.69 Å². The molecular formula is C29H22N2O5S2. The number of anilines is 1. The summed E-state index contributed by atoms with van der Waals surface area (Å²) in [6, 6.07) is 24.8. The Bertz CT molecular complexity index is 1500. The third-order valence-corrected chi connectivity index (χ3v) is 7.33. The van der Waals surface area contributed by atoms with E-state index in [4.69, 9.17) is 9.47 Å². The van der Waals surface area contributed by atoms with Gasteiger partial charge >= 0.3 is 0 Å². The maximum Gasteiger partial charge on any atom is 0.272 e. The summed E-state index contributed by atoms with van der Waals surface area (Å²) < 4.78 is 10.7. The minimum atomic E-state index is -0.457. The summed E-state index contributed by atoms with van der Waals surface area (Å²) in [4.78, 5) is 40.3. The van der Waals surface area contributed by atoms with E-state index in [1.165, 1.54) is 23.1 Å². The molecule has 2 N–H and O–H groups in total. The third-order valence-electron chi connectivity index (χ3n) is 5.51. The lowest BCUT2D eigenvalue weighted by atomic mass is 10.1. The second-order valence-corrected chi connectivity index (χ2v) is 10.2. The van der Waals surface area contributed by atoms with Crippen LogP contribution in [0.25, 0.3) is 6.08 Å². The summed E-state index contributed by atoms with van der Waals surface area (Å²) in [7, 11) is 0. The van der Waals surface area contributed by atoms with Gasteiger partial charge in [0.1, 0.15) is 5.70 Å². The largest absolute Gasteiger partial charge is 0.454 e. The number of fused-ring (bicyclic) bond motifs is 1. The van der Waals surface area contributed by atoms with E-state index in [1.807, 2.05) is 29.6 Å². The molecule has 1 aliphatic rings. The number of carbonyl (C=O) groups is 3. The van der Waals surface area contributed by atoms with Crippen LogP contribution in [-0.4, -0.2) is 30.1 Å². The van der Waals surface area contributed by atoms with E-state index in [2.05, 4.69) is 10.6 Å². The van der Waals surface area contributed by atoms with Gasteiger partial charge in [0.25, 0.3) is 11.8 Å². The second kappa shape index (κ2) is 11.8. The Kier molecular flexibility index (Phi) is 7.86. The fourth-order valence-electron chi connectivity index (χ4n) is 3.62. The molecule has 1 aromatic heterocycles. The molecule has 0 atom stereocenters. The van der Waals surface area contributed by atoms with E-state index in [0.717, 1.165) is 9.77 Å². The second-order valence-electron chi connectivity index (χ2n) is 8.16. The van der Waals surface area contributed by atoms with Crippen LogP contribution in [0.5, 0.6) is 11.5 Å². The fraction of sp³-hybridized carbons (Fsp3) is 0.0690. The van der Waals surface area contributed by atoms with Gasteiger partial charge in [0.05, 0.1) is 5.75 Å². The van der Waals surface area contributed by atoms with Crippen molar-refractivity contribution in [3.05, 3.63) is 112 Å². The molecule has 5 rings (SSSR count). The molecule has 0 fully saturated rings. The lowest BCUT2D eigenvalue weighted by Crippen LogP contribution is -2.30. The first-order chi connectivity index (χ1) is 18.5. The van der Waals surface area contributed by atoms with E-state index in [-0.39, 0.29) is 29.9 Å². The topological polar surface area (TPSA) is 93.7 Å². The number of Topliss-reactive ketones (excluding diaryl/α,β-unsaturated/α-hetero) is 1. The highest BCUT2D eigenvalue weighted by atomic mass is 32.2. The number of ether oxygens (including phenoxy) is 2. The SMILES string of the molecule is O=C(Nc1cccc(SCC(=O)c2ccc3c(c2)OCO3)c1)/C(=C/c1cccs1)NC(=O)c1ccccc1. The van der Waals surface area contributed by atoms with Crippen LogP contribution in [-0.2, 0) is 4.79 Å². The number of benzene rings is 3. The van der Waals surface area contributed by atoms with Crippen molar-refractivity contribution >= 4 is 52.5 Å². The molecule has 4 aromatic rings. The Morgan fingerprint density at radius 3 is 2.53 bits per heavy atom. The van der Waals surface area contributed by atoms with Crippen LogP contribution < -0.4 is 20.1 Å². The number of nitrogens with one attached hydrogen (secondary N) is 2. The Hall–Kier alpha value is -4.34. The molecule has 0 radical (unpaired) electrons. The molecule has 0 unspecified atom stereocenters. The van der Waals surface area contributed by atoms with Gasteiger partial charge in [0, 0.05) is 26.6 Å². The zero-order valence-electron chi connectivity index (χ0n) is 20.0. The standard InChI is InChI=1S/C29H22N2O5S2/c32-25(20-11-12-26-27(14-20)36-18-35-26)17-38-22-9-4-8-21(15-22)30-29(34)24(16-23-10-5-13-37-23)31-28(33)19-6-2-1-3-7-19/h1-16H,17-18H2,(H,30,34)(H,31,33)/b24-16-. The van der Waals surface area contributed by atoms with Gasteiger partial charge in [-0.15, -0.1) is 23.1 Å². The summed E-state index contributed by atoms with van der Waals surface area (Å²) in [5, 5.41) is 7.48. The van der Waals surface area contributed by atoms with Crippen molar-refractivity contribution in [1.82, 2.24) is 5.32 Å². The number of thiophene rings is 1. The molecule has 0 aliphatic carbocycles. The van der Waals surface area contributed by atoms with E-state index >= 15 is 0 Å². The zero-order valence-corrected chi connectivity index (χ0v) is 21.6. The lowest BCUT2D eigenvalue weighted by molar-refractivity contribution is -0.113. The molecule has 3 aromatic carbocycles. The monoisotopic (exact) mass is 542 g/mol. The van der Waals surface area contributed by atoms with Crippen molar-refractivity contribution in [2.24, 2.45) is 0 Å². The van der Waals surface area contributed by atoms with E-state index in [9.17, 15) is 14.4 Å². The van der Waals surface area contributed by atoms with Crippen molar-refractivity contribution < 1.29 is 23.9 Å². The smallest absolute Gasteiger partial charge is 0.272 e. The quantitative estimate of drug-likeness (QED) is 0.156. The average Bonchev–Trinajstić information content (AvgIpc) is 3.64. The lowest BCUT2D eigenvalue weighted by Gasteiger charge is -2.12. The van der Waals surface area contributed by atoms with Crippen LogP contribution in [0, 0.1) is 0 Å². The first-order valence-corrected chi connectivity index (χ1v) is 13.5. The third kappa shape index (κ3) is 6.31. The molecule has 2 heterocycles. The molecule has 2 amide bonds. The molecule has 0 bridgehead atoms. The van der Waals surface area contributed by atoms with Crippen LogP contribution in [0.15, 0.2) is 101 Å². The van der Waals surface area contributed by atoms with Gasteiger partial charge in [-0.2, -0.15) is 0 Å². The number of thioether (sulfide) groups is 1. The predicted molar refractivity (Wildman–Crippen MR) is 149 cm³/mol. The summed E-state index contributed by atoms with van der Waals surface area (Å²) in [6.45, 7) is 0.153. The number of hydrogen-bond donors (Lipinski definition) is 2. The fourth-order valence-corrected chi connectivity index (χ4v) is 5.13. The van der Waals surface area contributed by atoms with Gasteiger partial charge in [0.2, 0.25) is 6.79 Å². The van der Waals surface area contributed by atoms with E-state index in [1.54, 1.807) is 66.7 Å². The molecule has 0 saturated heterocycles. The molecule has 0 saturated carbocycles. The van der Waals surface area contributed by atoms with Gasteiger partial charge < -0.3 is 20.1 Å². The molecule has 0 spiro atoms. The summed E-state index contributed by atoms with van der Waals surface area (Å²) >= 11 is 2.82.